The molecule has 3 aliphatic heterocycles. The second-order valence-electron chi connectivity index (χ2n) is 7.99. The van der Waals surface area contributed by atoms with Gasteiger partial charge in [0.25, 0.3) is 0 Å². The Balaban J connectivity index is 1.44. The molecule has 1 aromatic carbocycles. The molecule has 2 saturated heterocycles. The molecule has 0 N–H and O–H groups in total. The van der Waals surface area contributed by atoms with Crippen LogP contribution in [0.25, 0.3) is 0 Å². The van der Waals surface area contributed by atoms with E-state index >= 15 is 0 Å². The van der Waals surface area contributed by atoms with Crippen molar-refractivity contribution < 1.29 is 22.7 Å². The van der Waals surface area contributed by atoms with E-state index in [4.69, 9.17) is 4.74 Å². The number of rotatable bonds is 1. The standard InChI is InChI=1S/C20H25NO5S/c22-17-14-20(26-18-5-2-1-4-16(17)18)8-3-10-21(11-9-20)19(23)15-6-12-27(24,25)13-7-15/h1-2,4-5,15H,3,6-14H2. The van der Waals surface area contributed by atoms with Crippen LogP contribution in [0.5, 0.6) is 5.75 Å². The summed E-state index contributed by atoms with van der Waals surface area (Å²) in [6.07, 6.45) is 3.36. The number of hydrogen-bond donors (Lipinski definition) is 0. The predicted molar refractivity (Wildman–Crippen MR) is 101 cm³/mol. The van der Waals surface area contributed by atoms with Crippen molar-refractivity contribution >= 4 is 21.5 Å². The normalized spacial score (nSPS) is 28.3. The minimum atomic E-state index is -2.97. The molecule has 3 heterocycles. The predicted octanol–water partition coefficient (Wildman–Crippen LogP) is 2.23. The van der Waals surface area contributed by atoms with Gasteiger partial charge < -0.3 is 9.64 Å². The van der Waals surface area contributed by atoms with Crippen LogP contribution in [0.4, 0.5) is 0 Å². The number of Topliss-reactive ketones (excluding diaryl/α,β-unsaturated/α-hetero) is 1. The van der Waals surface area contributed by atoms with Crippen molar-refractivity contribution in [2.45, 2.75) is 44.1 Å². The van der Waals surface area contributed by atoms with Crippen LogP contribution in [0.3, 0.4) is 0 Å². The van der Waals surface area contributed by atoms with E-state index in [1.165, 1.54) is 0 Å². The molecule has 0 aromatic heterocycles. The SMILES string of the molecule is O=C1CC2(CCCN(C(=O)C3CCS(=O)(=O)CC3)CC2)Oc2ccccc21. The van der Waals surface area contributed by atoms with Crippen molar-refractivity contribution in [1.82, 2.24) is 4.90 Å². The number of para-hydroxylation sites is 1. The molecule has 1 atom stereocenters. The number of carbonyl (C=O) groups excluding carboxylic acids is 2. The molecular weight excluding hydrogens is 366 g/mol. The van der Waals surface area contributed by atoms with E-state index < -0.39 is 15.4 Å². The molecular formula is C20H25NO5S. The number of amides is 1. The van der Waals surface area contributed by atoms with E-state index in [1.54, 1.807) is 6.07 Å². The summed E-state index contributed by atoms with van der Waals surface area (Å²) >= 11 is 0. The number of benzene rings is 1. The van der Waals surface area contributed by atoms with Gasteiger partial charge >= 0.3 is 0 Å². The number of hydrogen-bond acceptors (Lipinski definition) is 5. The van der Waals surface area contributed by atoms with Gasteiger partial charge in [0.15, 0.2) is 5.78 Å². The molecule has 6 nitrogen and oxygen atoms in total. The molecule has 146 valence electrons. The third-order valence-corrected chi connectivity index (χ3v) is 7.83. The second-order valence-corrected chi connectivity index (χ2v) is 10.3. The van der Waals surface area contributed by atoms with Crippen LogP contribution in [0.2, 0.25) is 0 Å². The fourth-order valence-electron chi connectivity index (χ4n) is 4.51. The summed E-state index contributed by atoms with van der Waals surface area (Å²) in [6, 6.07) is 7.35. The molecule has 1 amide bonds. The van der Waals surface area contributed by atoms with E-state index in [0.29, 0.717) is 50.1 Å². The van der Waals surface area contributed by atoms with Crippen molar-refractivity contribution in [2.24, 2.45) is 5.92 Å². The topological polar surface area (TPSA) is 80.8 Å². The maximum Gasteiger partial charge on any atom is 0.225 e. The fraction of sp³-hybridized carbons (Fsp3) is 0.600. The highest BCUT2D eigenvalue weighted by Crippen LogP contribution is 2.39. The molecule has 0 saturated carbocycles. The second kappa shape index (κ2) is 6.93. The maximum atomic E-state index is 12.9. The molecule has 0 aliphatic carbocycles. The van der Waals surface area contributed by atoms with Crippen LogP contribution in [0.1, 0.15) is 48.9 Å². The van der Waals surface area contributed by atoms with Gasteiger partial charge in [-0.05, 0) is 37.8 Å². The zero-order valence-corrected chi connectivity index (χ0v) is 16.2. The van der Waals surface area contributed by atoms with E-state index in [0.717, 1.165) is 12.8 Å². The lowest BCUT2D eigenvalue weighted by Crippen LogP contribution is -2.44. The van der Waals surface area contributed by atoms with Gasteiger partial charge in [-0.3, -0.25) is 9.59 Å². The number of carbonyl (C=O) groups is 2. The Morgan fingerprint density at radius 2 is 1.85 bits per heavy atom. The lowest BCUT2D eigenvalue weighted by atomic mass is 9.84. The Kier molecular flexibility index (Phi) is 4.74. The van der Waals surface area contributed by atoms with Crippen molar-refractivity contribution in [3.8, 4) is 5.75 Å². The molecule has 1 unspecified atom stereocenters. The molecule has 7 heteroatoms. The van der Waals surface area contributed by atoms with Gasteiger partial charge in [0, 0.05) is 25.4 Å². The molecule has 27 heavy (non-hydrogen) atoms. The highest BCUT2D eigenvalue weighted by Gasteiger charge is 2.42. The summed E-state index contributed by atoms with van der Waals surface area (Å²) < 4.78 is 29.5. The maximum absolute atomic E-state index is 12.9. The summed E-state index contributed by atoms with van der Waals surface area (Å²) in [5.41, 5.74) is 0.111. The number of ether oxygens (including phenoxy) is 1. The van der Waals surface area contributed by atoms with Crippen LogP contribution in [-0.4, -0.2) is 55.2 Å². The lowest BCUT2D eigenvalue weighted by Gasteiger charge is -2.37. The van der Waals surface area contributed by atoms with Crippen LogP contribution in [0, 0.1) is 5.92 Å². The van der Waals surface area contributed by atoms with Gasteiger partial charge in [-0.25, -0.2) is 8.42 Å². The molecule has 0 radical (unpaired) electrons. The molecule has 1 aromatic rings. The molecule has 2 fully saturated rings. The fourth-order valence-corrected chi connectivity index (χ4v) is 6.00. The highest BCUT2D eigenvalue weighted by atomic mass is 32.2. The molecule has 4 rings (SSSR count). The van der Waals surface area contributed by atoms with E-state index in [9.17, 15) is 18.0 Å². The van der Waals surface area contributed by atoms with Crippen molar-refractivity contribution in [3.05, 3.63) is 29.8 Å². The number of sulfone groups is 1. The number of fused-ring (bicyclic) bond motifs is 1. The summed E-state index contributed by atoms with van der Waals surface area (Å²) in [5, 5.41) is 0. The first-order chi connectivity index (χ1) is 12.9. The minimum Gasteiger partial charge on any atom is -0.486 e. The summed E-state index contributed by atoms with van der Waals surface area (Å²) in [6.45, 7) is 1.20. The Labute approximate surface area is 159 Å². The van der Waals surface area contributed by atoms with Gasteiger partial charge in [0.2, 0.25) is 5.91 Å². The molecule has 0 bridgehead atoms. The van der Waals surface area contributed by atoms with Crippen LogP contribution < -0.4 is 4.74 Å². The van der Waals surface area contributed by atoms with Gasteiger partial charge in [-0.1, -0.05) is 12.1 Å². The highest BCUT2D eigenvalue weighted by molar-refractivity contribution is 7.91. The van der Waals surface area contributed by atoms with E-state index in [2.05, 4.69) is 0 Å². The number of nitrogens with zero attached hydrogens (tertiary/aromatic N) is 1. The zero-order valence-electron chi connectivity index (χ0n) is 15.4. The summed E-state index contributed by atoms with van der Waals surface area (Å²) in [4.78, 5) is 27.3. The van der Waals surface area contributed by atoms with Crippen LogP contribution >= 0.6 is 0 Å². The van der Waals surface area contributed by atoms with E-state index in [-0.39, 0.29) is 29.1 Å². The Morgan fingerprint density at radius 3 is 2.63 bits per heavy atom. The average Bonchev–Trinajstić information content (AvgIpc) is 2.84. The minimum absolute atomic E-state index is 0.0597. The molecule has 1 spiro atoms. The Bertz CT molecular complexity index is 851. The van der Waals surface area contributed by atoms with Gasteiger partial charge in [0.1, 0.15) is 21.2 Å². The van der Waals surface area contributed by atoms with Gasteiger partial charge in [-0.15, -0.1) is 0 Å². The monoisotopic (exact) mass is 391 g/mol. The van der Waals surface area contributed by atoms with Crippen molar-refractivity contribution in [3.63, 3.8) is 0 Å². The number of likely N-dealkylation sites (tertiary alicyclic amines) is 1. The smallest absolute Gasteiger partial charge is 0.225 e. The Hall–Kier alpha value is -1.89. The third kappa shape index (κ3) is 3.74. The molecule has 3 aliphatic rings. The summed E-state index contributed by atoms with van der Waals surface area (Å²) in [5.74, 6) is 0.826. The first kappa shape index (κ1) is 18.5. The van der Waals surface area contributed by atoms with Gasteiger partial charge in [-0.2, -0.15) is 0 Å². The van der Waals surface area contributed by atoms with Crippen molar-refractivity contribution in [2.75, 3.05) is 24.6 Å². The van der Waals surface area contributed by atoms with Gasteiger partial charge in [0.05, 0.1) is 23.5 Å². The zero-order chi connectivity index (χ0) is 19.1. The van der Waals surface area contributed by atoms with E-state index in [1.807, 2.05) is 23.1 Å². The first-order valence-electron chi connectivity index (χ1n) is 9.68. The van der Waals surface area contributed by atoms with Crippen LogP contribution in [0.15, 0.2) is 24.3 Å². The Morgan fingerprint density at radius 1 is 1.11 bits per heavy atom. The lowest BCUT2D eigenvalue weighted by molar-refractivity contribution is -0.135. The van der Waals surface area contributed by atoms with Crippen LogP contribution in [-0.2, 0) is 14.6 Å². The third-order valence-electron chi connectivity index (χ3n) is 6.11. The first-order valence-corrected chi connectivity index (χ1v) is 11.5. The number of ketones is 1. The quantitative estimate of drug-likeness (QED) is 0.733. The largest absolute Gasteiger partial charge is 0.486 e. The van der Waals surface area contributed by atoms with Crippen molar-refractivity contribution in [1.29, 1.82) is 0 Å². The summed E-state index contributed by atoms with van der Waals surface area (Å²) in [7, 11) is -2.97. The average molecular weight is 391 g/mol.